The van der Waals surface area contributed by atoms with Crippen molar-refractivity contribution >= 4 is 0 Å². The zero-order valence-electron chi connectivity index (χ0n) is 10.9. The van der Waals surface area contributed by atoms with Gasteiger partial charge in [0.1, 0.15) is 18.1 Å². The Morgan fingerprint density at radius 3 is 3.00 bits per heavy atom. The Labute approximate surface area is 106 Å². The molecule has 2 aromatic rings. The minimum Gasteiger partial charge on any atom is -0.485 e. The van der Waals surface area contributed by atoms with E-state index >= 15 is 0 Å². The van der Waals surface area contributed by atoms with Crippen LogP contribution in [0.1, 0.15) is 32.2 Å². The first kappa shape index (κ1) is 11.3. The van der Waals surface area contributed by atoms with Crippen LogP contribution in [0, 0.1) is 5.41 Å². The molecule has 0 atom stereocenters. The predicted octanol–water partition coefficient (Wildman–Crippen LogP) is 2.95. The van der Waals surface area contributed by atoms with Crippen molar-refractivity contribution in [2.24, 2.45) is 5.41 Å². The first-order chi connectivity index (χ1) is 8.53. The lowest BCUT2D eigenvalue weighted by Gasteiger charge is -2.16. The third-order valence-electron chi connectivity index (χ3n) is 2.99. The van der Waals surface area contributed by atoms with Crippen LogP contribution in [0.25, 0.3) is 11.3 Å². The Balaban J connectivity index is 2.02. The third kappa shape index (κ3) is 1.98. The summed E-state index contributed by atoms with van der Waals surface area (Å²) in [6, 6.07) is 4.04. The fourth-order valence-corrected chi connectivity index (χ4v) is 2.32. The largest absolute Gasteiger partial charge is 0.485 e. The van der Waals surface area contributed by atoms with Crippen LogP contribution in [-0.2, 0) is 13.0 Å². The van der Waals surface area contributed by atoms with E-state index in [2.05, 4.69) is 42.0 Å². The molecule has 0 aromatic carbocycles. The van der Waals surface area contributed by atoms with Crippen LogP contribution in [0.15, 0.2) is 18.3 Å². The molecule has 4 heteroatoms. The molecule has 94 valence electrons. The number of nitrogens with zero attached hydrogens (tertiary/aromatic N) is 2. The second kappa shape index (κ2) is 3.83. The number of aromatic amines is 1. The van der Waals surface area contributed by atoms with E-state index in [1.165, 1.54) is 5.69 Å². The second-order valence-corrected chi connectivity index (χ2v) is 5.96. The van der Waals surface area contributed by atoms with Gasteiger partial charge in [0.25, 0.3) is 0 Å². The van der Waals surface area contributed by atoms with Gasteiger partial charge in [0.05, 0.1) is 11.9 Å². The van der Waals surface area contributed by atoms with E-state index in [0.717, 1.165) is 29.1 Å². The normalized spacial score (nSPS) is 13.7. The van der Waals surface area contributed by atoms with E-state index in [-0.39, 0.29) is 5.41 Å². The van der Waals surface area contributed by atoms with Gasteiger partial charge in [-0.1, -0.05) is 20.8 Å². The predicted molar refractivity (Wildman–Crippen MR) is 69.3 cm³/mol. The number of hydrogen-bond acceptors (Lipinski definition) is 3. The van der Waals surface area contributed by atoms with Crippen molar-refractivity contribution in [3.05, 3.63) is 29.7 Å². The summed E-state index contributed by atoms with van der Waals surface area (Å²) in [6.07, 6.45) is 2.67. The second-order valence-electron chi connectivity index (χ2n) is 5.96. The number of ether oxygens (including phenoxy) is 1. The van der Waals surface area contributed by atoms with Gasteiger partial charge in [0.2, 0.25) is 0 Å². The number of aromatic nitrogens is 3. The molecular formula is C14H17N3O. The molecule has 0 saturated heterocycles. The SMILES string of the molecule is CC(C)(C)Cc1cc2c([nH]1)COc1ccnnc1-2. The van der Waals surface area contributed by atoms with E-state index in [1.54, 1.807) is 6.20 Å². The van der Waals surface area contributed by atoms with E-state index in [1.807, 2.05) is 6.07 Å². The monoisotopic (exact) mass is 243 g/mol. The molecule has 1 aliphatic rings. The molecule has 0 saturated carbocycles. The molecule has 4 nitrogen and oxygen atoms in total. The first-order valence-electron chi connectivity index (χ1n) is 6.18. The van der Waals surface area contributed by atoms with Crippen LogP contribution in [0.5, 0.6) is 5.75 Å². The number of rotatable bonds is 1. The highest BCUT2D eigenvalue weighted by Crippen LogP contribution is 2.36. The van der Waals surface area contributed by atoms with E-state index in [9.17, 15) is 0 Å². The van der Waals surface area contributed by atoms with Crippen LogP contribution in [0.2, 0.25) is 0 Å². The van der Waals surface area contributed by atoms with Crippen molar-refractivity contribution in [2.75, 3.05) is 0 Å². The Hall–Kier alpha value is -1.84. The van der Waals surface area contributed by atoms with Gasteiger partial charge in [0.15, 0.2) is 0 Å². The van der Waals surface area contributed by atoms with Crippen LogP contribution >= 0.6 is 0 Å². The summed E-state index contributed by atoms with van der Waals surface area (Å²) >= 11 is 0. The maximum absolute atomic E-state index is 5.66. The number of H-pyrrole nitrogens is 1. The highest BCUT2D eigenvalue weighted by atomic mass is 16.5. The van der Waals surface area contributed by atoms with Gasteiger partial charge in [-0.3, -0.25) is 0 Å². The molecule has 0 unspecified atom stereocenters. The van der Waals surface area contributed by atoms with Crippen LogP contribution < -0.4 is 4.74 Å². The summed E-state index contributed by atoms with van der Waals surface area (Å²) < 4.78 is 5.66. The maximum Gasteiger partial charge on any atom is 0.149 e. The first-order valence-corrected chi connectivity index (χ1v) is 6.18. The number of hydrogen-bond donors (Lipinski definition) is 1. The maximum atomic E-state index is 5.66. The van der Waals surface area contributed by atoms with Crippen LogP contribution in [0.3, 0.4) is 0 Å². The van der Waals surface area contributed by atoms with E-state index in [0.29, 0.717) is 6.61 Å². The quantitative estimate of drug-likeness (QED) is 0.837. The third-order valence-corrected chi connectivity index (χ3v) is 2.99. The molecule has 1 N–H and O–H groups in total. The molecule has 3 heterocycles. The smallest absolute Gasteiger partial charge is 0.149 e. The van der Waals surface area contributed by atoms with E-state index < -0.39 is 0 Å². The van der Waals surface area contributed by atoms with E-state index in [4.69, 9.17) is 4.74 Å². The topological polar surface area (TPSA) is 50.8 Å². The fourth-order valence-electron chi connectivity index (χ4n) is 2.32. The summed E-state index contributed by atoms with van der Waals surface area (Å²) in [5.41, 5.74) is 4.56. The molecule has 1 aliphatic heterocycles. The average Bonchev–Trinajstić information content (AvgIpc) is 2.69. The zero-order chi connectivity index (χ0) is 12.8. The Bertz CT molecular complexity index is 581. The standard InChI is InChI=1S/C14H17N3O/c1-14(2,3)7-9-6-10-11(16-9)8-18-12-4-5-15-17-13(10)12/h4-6,16H,7-8H2,1-3H3. The highest BCUT2D eigenvalue weighted by molar-refractivity contribution is 5.70. The minimum absolute atomic E-state index is 0.263. The highest BCUT2D eigenvalue weighted by Gasteiger charge is 2.22. The van der Waals surface area contributed by atoms with Crippen LogP contribution in [0.4, 0.5) is 0 Å². The minimum atomic E-state index is 0.263. The van der Waals surface area contributed by atoms with Crippen molar-refractivity contribution in [3.8, 4) is 17.0 Å². The van der Waals surface area contributed by atoms with Gasteiger partial charge in [-0.15, -0.1) is 5.10 Å². The number of nitrogens with one attached hydrogen (secondary N) is 1. The van der Waals surface area contributed by atoms with Crippen molar-refractivity contribution in [2.45, 2.75) is 33.8 Å². The fraction of sp³-hybridized carbons (Fsp3) is 0.429. The summed E-state index contributed by atoms with van der Waals surface area (Å²) in [7, 11) is 0. The summed E-state index contributed by atoms with van der Waals surface area (Å²) in [6.45, 7) is 7.28. The summed E-state index contributed by atoms with van der Waals surface area (Å²) in [5, 5.41) is 8.11. The van der Waals surface area contributed by atoms with Gasteiger partial charge in [0, 0.05) is 17.3 Å². The van der Waals surface area contributed by atoms with Crippen molar-refractivity contribution in [1.29, 1.82) is 0 Å². The molecule has 0 aliphatic carbocycles. The van der Waals surface area contributed by atoms with Gasteiger partial charge in [-0.2, -0.15) is 5.10 Å². The van der Waals surface area contributed by atoms with Crippen molar-refractivity contribution in [1.82, 2.24) is 15.2 Å². The van der Waals surface area contributed by atoms with Gasteiger partial charge < -0.3 is 9.72 Å². The molecule has 3 rings (SSSR count). The van der Waals surface area contributed by atoms with Crippen LogP contribution in [-0.4, -0.2) is 15.2 Å². The van der Waals surface area contributed by atoms with Crippen molar-refractivity contribution in [3.63, 3.8) is 0 Å². The Morgan fingerprint density at radius 2 is 2.22 bits per heavy atom. The molecule has 2 aromatic heterocycles. The summed E-state index contributed by atoms with van der Waals surface area (Å²) in [4.78, 5) is 3.44. The molecule has 0 radical (unpaired) electrons. The Morgan fingerprint density at radius 1 is 1.39 bits per heavy atom. The molecule has 0 amide bonds. The lowest BCUT2D eigenvalue weighted by Crippen LogP contribution is -2.09. The number of fused-ring (bicyclic) bond motifs is 3. The summed E-state index contributed by atoms with van der Waals surface area (Å²) in [5.74, 6) is 0.818. The van der Waals surface area contributed by atoms with Crippen molar-refractivity contribution < 1.29 is 4.74 Å². The average molecular weight is 243 g/mol. The van der Waals surface area contributed by atoms with Gasteiger partial charge in [-0.25, -0.2) is 0 Å². The van der Waals surface area contributed by atoms with Gasteiger partial charge in [-0.05, 0) is 17.9 Å². The molecule has 0 fully saturated rings. The lowest BCUT2D eigenvalue weighted by molar-refractivity contribution is 0.295. The Kier molecular flexibility index (Phi) is 2.40. The lowest BCUT2D eigenvalue weighted by atomic mass is 9.90. The molecular weight excluding hydrogens is 226 g/mol. The molecule has 18 heavy (non-hydrogen) atoms. The molecule has 0 bridgehead atoms. The van der Waals surface area contributed by atoms with Gasteiger partial charge >= 0.3 is 0 Å². The molecule has 0 spiro atoms. The zero-order valence-corrected chi connectivity index (χ0v) is 10.9.